The third kappa shape index (κ3) is 4.51. The van der Waals surface area contributed by atoms with Gasteiger partial charge in [0.1, 0.15) is 5.75 Å². The van der Waals surface area contributed by atoms with E-state index in [1.54, 1.807) is 17.0 Å². The van der Waals surface area contributed by atoms with Crippen LogP contribution in [0.25, 0.3) is 0 Å². The third-order valence-electron chi connectivity index (χ3n) is 3.86. The maximum absolute atomic E-state index is 12.7. The van der Waals surface area contributed by atoms with Gasteiger partial charge in [-0.1, -0.05) is 41.1 Å². The van der Waals surface area contributed by atoms with Crippen LogP contribution in [-0.2, 0) is 6.54 Å². The molecule has 24 heavy (non-hydrogen) atoms. The van der Waals surface area contributed by atoms with Crippen molar-refractivity contribution in [3.8, 4) is 5.75 Å². The van der Waals surface area contributed by atoms with Gasteiger partial charge in [-0.05, 0) is 49.6 Å². The van der Waals surface area contributed by atoms with E-state index in [4.69, 9.17) is 0 Å². The van der Waals surface area contributed by atoms with Gasteiger partial charge in [-0.3, -0.25) is 0 Å². The Hall–Kier alpha value is -2.01. The second-order valence-electron chi connectivity index (χ2n) is 5.90. The maximum atomic E-state index is 12.7. The lowest BCUT2D eigenvalue weighted by Gasteiger charge is -2.24. The van der Waals surface area contributed by atoms with Gasteiger partial charge < -0.3 is 15.3 Å². The summed E-state index contributed by atoms with van der Waals surface area (Å²) in [5, 5.41) is 13.0. The summed E-state index contributed by atoms with van der Waals surface area (Å²) >= 11 is 3.47. The molecule has 0 unspecified atom stereocenters. The molecule has 2 rings (SSSR count). The van der Waals surface area contributed by atoms with Crippen LogP contribution < -0.4 is 5.32 Å². The van der Waals surface area contributed by atoms with Crippen LogP contribution in [0.1, 0.15) is 30.0 Å². The second-order valence-corrected chi connectivity index (χ2v) is 6.81. The molecule has 0 aliphatic carbocycles. The van der Waals surface area contributed by atoms with E-state index in [-0.39, 0.29) is 11.8 Å². The largest absolute Gasteiger partial charge is 0.508 e. The van der Waals surface area contributed by atoms with E-state index in [1.807, 2.05) is 45.0 Å². The zero-order valence-electron chi connectivity index (χ0n) is 14.3. The quantitative estimate of drug-likeness (QED) is 0.735. The number of para-hydroxylation sites is 1. The summed E-state index contributed by atoms with van der Waals surface area (Å²) in [5.74, 6) is 0.211. The van der Waals surface area contributed by atoms with Crippen LogP contribution >= 0.6 is 15.9 Å². The zero-order chi connectivity index (χ0) is 17.7. The molecular formula is C19H23BrN2O2. The monoisotopic (exact) mass is 390 g/mol. The number of aromatic hydroxyl groups is 1. The van der Waals surface area contributed by atoms with Crippen molar-refractivity contribution < 1.29 is 9.90 Å². The van der Waals surface area contributed by atoms with Crippen LogP contribution in [-0.4, -0.2) is 22.6 Å². The molecule has 2 N–H and O–H groups in total. The molecule has 0 aliphatic rings. The molecule has 128 valence electrons. The maximum Gasteiger partial charge on any atom is 0.322 e. The van der Waals surface area contributed by atoms with E-state index in [1.165, 1.54) is 0 Å². The number of amides is 2. The molecule has 4 nitrogen and oxygen atoms in total. The van der Waals surface area contributed by atoms with Gasteiger partial charge in [0.2, 0.25) is 0 Å². The topological polar surface area (TPSA) is 52.6 Å². The van der Waals surface area contributed by atoms with Crippen LogP contribution in [0.4, 0.5) is 10.5 Å². The molecule has 0 saturated heterocycles. The number of hydrogen-bond donors (Lipinski definition) is 2. The molecule has 0 saturated carbocycles. The van der Waals surface area contributed by atoms with Gasteiger partial charge in [0, 0.05) is 22.3 Å². The van der Waals surface area contributed by atoms with Crippen LogP contribution in [0.15, 0.2) is 40.9 Å². The number of carbonyl (C=O) groups is 1. The lowest BCUT2D eigenvalue weighted by Crippen LogP contribution is -2.35. The van der Waals surface area contributed by atoms with E-state index in [0.717, 1.165) is 33.3 Å². The van der Waals surface area contributed by atoms with Crippen LogP contribution in [0.5, 0.6) is 5.75 Å². The zero-order valence-corrected chi connectivity index (χ0v) is 15.9. The number of phenolic OH excluding ortho intramolecular Hbond substituents is 1. The van der Waals surface area contributed by atoms with Crippen LogP contribution in [0.2, 0.25) is 0 Å². The fraction of sp³-hybridized carbons (Fsp3) is 0.316. The Balaban J connectivity index is 2.19. The van der Waals surface area contributed by atoms with Crippen molar-refractivity contribution >= 4 is 27.6 Å². The van der Waals surface area contributed by atoms with Crippen LogP contribution in [0.3, 0.4) is 0 Å². The molecule has 2 amide bonds. The standard InChI is InChI=1S/C19H23BrN2O2/c1-4-9-22(12-15-7-5-6-8-17(15)23)19(24)21-18-13(2)10-16(20)11-14(18)3/h5-8,10-11,23H,4,9,12H2,1-3H3,(H,21,24). The number of anilines is 1. The number of carbonyl (C=O) groups excluding carboxylic acids is 1. The normalized spacial score (nSPS) is 10.5. The minimum Gasteiger partial charge on any atom is -0.508 e. The van der Waals surface area contributed by atoms with Crippen molar-refractivity contribution in [1.82, 2.24) is 4.90 Å². The number of phenols is 1. The molecule has 0 bridgehead atoms. The lowest BCUT2D eigenvalue weighted by molar-refractivity contribution is 0.208. The molecule has 0 radical (unpaired) electrons. The Bertz CT molecular complexity index is 708. The first-order chi connectivity index (χ1) is 11.4. The summed E-state index contributed by atoms with van der Waals surface area (Å²) in [6.07, 6.45) is 0.847. The lowest BCUT2D eigenvalue weighted by atomic mass is 10.1. The molecular weight excluding hydrogens is 368 g/mol. The molecule has 5 heteroatoms. The van der Waals surface area contributed by atoms with Crippen molar-refractivity contribution in [2.45, 2.75) is 33.7 Å². The third-order valence-corrected chi connectivity index (χ3v) is 4.32. The van der Waals surface area contributed by atoms with Gasteiger partial charge in [0.15, 0.2) is 0 Å². The van der Waals surface area contributed by atoms with Gasteiger partial charge >= 0.3 is 6.03 Å². The van der Waals surface area contributed by atoms with Gasteiger partial charge in [-0.15, -0.1) is 0 Å². The number of benzene rings is 2. The first-order valence-corrected chi connectivity index (χ1v) is 8.81. The molecule has 0 spiro atoms. The summed E-state index contributed by atoms with van der Waals surface area (Å²) in [6.45, 7) is 6.97. The number of nitrogens with zero attached hydrogens (tertiary/aromatic N) is 1. The van der Waals surface area contributed by atoms with Crippen LogP contribution in [0, 0.1) is 13.8 Å². The van der Waals surface area contributed by atoms with Crippen molar-refractivity contribution in [3.63, 3.8) is 0 Å². The number of halogens is 1. The number of urea groups is 1. The first-order valence-electron chi connectivity index (χ1n) is 8.02. The number of hydrogen-bond acceptors (Lipinski definition) is 2. The Labute approximate surface area is 151 Å². The molecule has 2 aromatic carbocycles. The highest BCUT2D eigenvalue weighted by atomic mass is 79.9. The molecule has 0 atom stereocenters. The average molecular weight is 391 g/mol. The van der Waals surface area contributed by atoms with Gasteiger partial charge in [0.05, 0.1) is 6.54 Å². The second kappa shape index (κ2) is 8.20. The highest BCUT2D eigenvalue weighted by Gasteiger charge is 2.17. The number of rotatable bonds is 5. The molecule has 0 fully saturated rings. The first kappa shape index (κ1) is 18.3. The van der Waals surface area contributed by atoms with E-state index in [9.17, 15) is 9.90 Å². The fourth-order valence-electron chi connectivity index (χ4n) is 2.67. The summed E-state index contributed by atoms with van der Waals surface area (Å²) < 4.78 is 0.995. The highest BCUT2D eigenvalue weighted by molar-refractivity contribution is 9.10. The van der Waals surface area contributed by atoms with Crippen molar-refractivity contribution in [1.29, 1.82) is 0 Å². The smallest absolute Gasteiger partial charge is 0.322 e. The van der Waals surface area contributed by atoms with E-state index in [2.05, 4.69) is 21.2 Å². The van der Waals surface area contributed by atoms with Crippen molar-refractivity contribution in [3.05, 3.63) is 57.6 Å². The SMILES string of the molecule is CCCN(Cc1ccccc1O)C(=O)Nc1c(C)cc(Br)cc1C. The van der Waals surface area contributed by atoms with Crippen molar-refractivity contribution in [2.24, 2.45) is 0 Å². The molecule has 0 aliphatic heterocycles. The summed E-state index contributed by atoms with van der Waals surface area (Å²) in [6, 6.07) is 10.9. The Kier molecular flexibility index (Phi) is 6.26. The molecule has 0 aromatic heterocycles. The Morgan fingerprint density at radius 1 is 1.21 bits per heavy atom. The fourth-order valence-corrected chi connectivity index (χ4v) is 3.35. The summed E-state index contributed by atoms with van der Waals surface area (Å²) in [5.41, 5.74) is 3.59. The van der Waals surface area contributed by atoms with E-state index in [0.29, 0.717) is 13.1 Å². The van der Waals surface area contributed by atoms with Crippen molar-refractivity contribution in [2.75, 3.05) is 11.9 Å². The van der Waals surface area contributed by atoms with Gasteiger partial charge in [0.25, 0.3) is 0 Å². The summed E-state index contributed by atoms with van der Waals surface area (Å²) in [7, 11) is 0. The molecule has 0 heterocycles. The number of nitrogens with one attached hydrogen (secondary N) is 1. The average Bonchev–Trinajstić information content (AvgIpc) is 2.52. The minimum absolute atomic E-state index is 0.159. The Morgan fingerprint density at radius 2 is 1.83 bits per heavy atom. The highest BCUT2D eigenvalue weighted by Crippen LogP contribution is 2.26. The Morgan fingerprint density at radius 3 is 2.42 bits per heavy atom. The van der Waals surface area contributed by atoms with Gasteiger partial charge in [-0.2, -0.15) is 0 Å². The number of aryl methyl sites for hydroxylation is 2. The molecule has 2 aromatic rings. The van der Waals surface area contributed by atoms with E-state index >= 15 is 0 Å². The summed E-state index contributed by atoms with van der Waals surface area (Å²) in [4.78, 5) is 14.4. The van der Waals surface area contributed by atoms with E-state index < -0.39 is 0 Å². The minimum atomic E-state index is -0.159. The predicted octanol–water partition coefficient (Wildman–Crippen LogP) is 5.22. The van der Waals surface area contributed by atoms with Gasteiger partial charge in [-0.25, -0.2) is 4.79 Å². The predicted molar refractivity (Wildman–Crippen MR) is 101 cm³/mol.